The number of hydrogen-bond acceptors (Lipinski definition) is 8. The summed E-state index contributed by atoms with van der Waals surface area (Å²) in [7, 11) is 3.80. The minimum atomic E-state index is -0.748. The first-order valence-electron chi connectivity index (χ1n) is 8.73. The van der Waals surface area contributed by atoms with Gasteiger partial charge in [-0.1, -0.05) is 11.6 Å². The van der Waals surface area contributed by atoms with Gasteiger partial charge in [0, 0.05) is 0 Å². The van der Waals surface area contributed by atoms with Crippen molar-refractivity contribution in [1.29, 1.82) is 0 Å². The number of methoxy groups -OCH3 is 3. The molecule has 9 nitrogen and oxygen atoms in total. The van der Waals surface area contributed by atoms with Crippen LogP contribution in [-0.2, 0) is 19.0 Å². The maximum atomic E-state index is 12.3. The van der Waals surface area contributed by atoms with E-state index in [-0.39, 0.29) is 22.4 Å². The van der Waals surface area contributed by atoms with Crippen molar-refractivity contribution in [2.45, 2.75) is 6.92 Å². The number of anilines is 1. The molecule has 2 aromatic carbocycles. The van der Waals surface area contributed by atoms with Crippen LogP contribution >= 0.6 is 0 Å². The third-order valence-corrected chi connectivity index (χ3v) is 4.03. The minimum Gasteiger partial charge on any atom is -0.496 e. The lowest BCUT2D eigenvalue weighted by Crippen LogP contribution is -2.23. The van der Waals surface area contributed by atoms with E-state index in [9.17, 15) is 19.2 Å². The summed E-state index contributed by atoms with van der Waals surface area (Å²) < 4.78 is 19.5. The Bertz CT molecular complexity index is 983. The summed E-state index contributed by atoms with van der Waals surface area (Å²) in [5.74, 6) is -2.53. The van der Waals surface area contributed by atoms with Crippen LogP contribution in [0.15, 0.2) is 36.4 Å². The normalized spacial score (nSPS) is 10.0. The van der Waals surface area contributed by atoms with Crippen molar-refractivity contribution in [2.24, 2.45) is 0 Å². The Kier molecular flexibility index (Phi) is 7.51. The number of hydrogen-bond donors (Lipinski definition) is 1. The highest BCUT2D eigenvalue weighted by Crippen LogP contribution is 2.22. The van der Waals surface area contributed by atoms with Crippen LogP contribution in [0.25, 0.3) is 0 Å². The van der Waals surface area contributed by atoms with Gasteiger partial charge in [0.05, 0.1) is 38.1 Å². The lowest BCUT2D eigenvalue weighted by molar-refractivity contribution is -0.119. The molecule has 1 amide bonds. The second kappa shape index (κ2) is 10.1. The Balaban J connectivity index is 2.15. The number of nitrogens with one attached hydrogen (secondary N) is 1. The van der Waals surface area contributed by atoms with E-state index in [1.54, 1.807) is 25.1 Å². The minimum absolute atomic E-state index is 0.0129. The van der Waals surface area contributed by atoms with Gasteiger partial charge < -0.3 is 24.3 Å². The molecule has 0 spiro atoms. The number of carbonyl (C=O) groups is 4. The number of esters is 3. The fraction of sp³-hybridized carbons (Fsp3) is 0.238. The Hall–Kier alpha value is -3.88. The molecular formula is C21H21NO8. The molecule has 0 bridgehead atoms. The Morgan fingerprint density at radius 3 is 2.17 bits per heavy atom. The third-order valence-electron chi connectivity index (χ3n) is 4.03. The van der Waals surface area contributed by atoms with Crippen LogP contribution in [0.3, 0.4) is 0 Å². The molecule has 0 aromatic heterocycles. The first kappa shape index (κ1) is 22.4. The van der Waals surface area contributed by atoms with E-state index in [4.69, 9.17) is 9.47 Å². The fourth-order valence-corrected chi connectivity index (χ4v) is 2.56. The quantitative estimate of drug-likeness (QED) is 0.541. The van der Waals surface area contributed by atoms with Crippen molar-refractivity contribution in [3.63, 3.8) is 0 Å². The third kappa shape index (κ3) is 5.34. The summed E-state index contributed by atoms with van der Waals surface area (Å²) in [5, 5.41) is 2.44. The maximum absolute atomic E-state index is 12.3. The first-order valence-corrected chi connectivity index (χ1v) is 8.73. The van der Waals surface area contributed by atoms with Crippen LogP contribution in [0.2, 0.25) is 0 Å². The van der Waals surface area contributed by atoms with Gasteiger partial charge >= 0.3 is 17.9 Å². The summed E-state index contributed by atoms with van der Waals surface area (Å²) in [6.45, 7) is 1.17. The molecule has 0 radical (unpaired) electrons. The molecule has 9 heteroatoms. The summed E-state index contributed by atoms with van der Waals surface area (Å²) >= 11 is 0. The molecule has 0 atom stereocenters. The summed E-state index contributed by atoms with van der Waals surface area (Å²) in [6, 6.07) is 8.91. The Labute approximate surface area is 172 Å². The molecular weight excluding hydrogens is 394 g/mol. The highest BCUT2D eigenvalue weighted by molar-refractivity contribution is 6.04. The second-order valence-electron chi connectivity index (χ2n) is 6.07. The molecule has 2 rings (SSSR count). The lowest BCUT2D eigenvalue weighted by atomic mass is 10.1. The number of ether oxygens (including phenoxy) is 4. The molecule has 0 saturated heterocycles. The van der Waals surface area contributed by atoms with E-state index < -0.39 is 30.4 Å². The summed E-state index contributed by atoms with van der Waals surface area (Å²) in [4.78, 5) is 48.3. The molecule has 1 N–H and O–H groups in total. The maximum Gasteiger partial charge on any atom is 0.342 e. The van der Waals surface area contributed by atoms with Gasteiger partial charge in [-0.25, -0.2) is 14.4 Å². The average molecular weight is 415 g/mol. The average Bonchev–Trinajstić information content (AvgIpc) is 2.76. The monoisotopic (exact) mass is 415 g/mol. The Morgan fingerprint density at radius 2 is 1.53 bits per heavy atom. The van der Waals surface area contributed by atoms with Crippen LogP contribution in [0.1, 0.15) is 36.6 Å². The number of benzene rings is 2. The largest absolute Gasteiger partial charge is 0.496 e. The number of carbonyl (C=O) groups excluding carboxylic acids is 4. The van der Waals surface area contributed by atoms with E-state index in [2.05, 4.69) is 14.8 Å². The van der Waals surface area contributed by atoms with Gasteiger partial charge in [-0.05, 0) is 37.3 Å². The lowest BCUT2D eigenvalue weighted by Gasteiger charge is -2.12. The molecule has 0 saturated carbocycles. The smallest absolute Gasteiger partial charge is 0.342 e. The zero-order valence-corrected chi connectivity index (χ0v) is 16.9. The number of amides is 1. The van der Waals surface area contributed by atoms with Crippen molar-refractivity contribution in [3.05, 3.63) is 58.7 Å². The highest BCUT2D eigenvalue weighted by Gasteiger charge is 2.19. The van der Waals surface area contributed by atoms with Gasteiger partial charge in [-0.15, -0.1) is 0 Å². The van der Waals surface area contributed by atoms with E-state index >= 15 is 0 Å². The molecule has 0 aliphatic rings. The summed E-state index contributed by atoms with van der Waals surface area (Å²) in [6.07, 6.45) is 0. The van der Waals surface area contributed by atoms with Gasteiger partial charge in [0.1, 0.15) is 11.3 Å². The van der Waals surface area contributed by atoms with Crippen molar-refractivity contribution >= 4 is 29.5 Å². The predicted molar refractivity (Wildman–Crippen MR) is 106 cm³/mol. The molecule has 2 aromatic rings. The summed E-state index contributed by atoms with van der Waals surface area (Å²) in [5.41, 5.74) is 1.13. The molecule has 0 fully saturated rings. The van der Waals surface area contributed by atoms with Crippen LogP contribution < -0.4 is 10.1 Å². The molecule has 0 unspecified atom stereocenters. The standard InChI is InChI=1S/C21H21NO8/c1-12-5-8-17(27-2)15(9-12)21(26)30-11-18(23)22-16-10-13(19(24)28-3)6-7-14(16)20(25)29-4/h5-10H,11H2,1-4H3,(H,22,23). The number of rotatable bonds is 7. The van der Waals surface area contributed by atoms with E-state index in [1.807, 2.05) is 0 Å². The van der Waals surface area contributed by atoms with E-state index in [0.717, 1.165) is 5.56 Å². The molecule has 0 aliphatic carbocycles. The van der Waals surface area contributed by atoms with E-state index in [1.165, 1.54) is 39.5 Å². The van der Waals surface area contributed by atoms with Crippen molar-refractivity contribution < 1.29 is 38.1 Å². The molecule has 158 valence electrons. The predicted octanol–water partition coefficient (Wildman–Crippen LogP) is 2.37. The zero-order chi connectivity index (χ0) is 22.3. The topological polar surface area (TPSA) is 117 Å². The molecule has 30 heavy (non-hydrogen) atoms. The van der Waals surface area contributed by atoms with Crippen LogP contribution in [0.5, 0.6) is 5.75 Å². The zero-order valence-electron chi connectivity index (χ0n) is 16.9. The molecule has 0 heterocycles. The highest BCUT2D eigenvalue weighted by atomic mass is 16.5. The molecule has 0 aliphatic heterocycles. The van der Waals surface area contributed by atoms with Gasteiger partial charge in [0.15, 0.2) is 6.61 Å². The fourth-order valence-electron chi connectivity index (χ4n) is 2.56. The van der Waals surface area contributed by atoms with Crippen molar-refractivity contribution in [2.75, 3.05) is 33.3 Å². The Morgan fingerprint density at radius 1 is 0.833 bits per heavy atom. The van der Waals surface area contributed by atoms with Gasteiger partial charge in [-0.3, -0.25) is 4.79 Å². The van der Waals surface area contributed by atoms with Crippen LogP contribution in [0, 0.1) is 6.92 Å². The van der Waals surface area contributed by atoms with Crippen LogP contribution in [-0.4, -0.2) is 51.8 Å². The van der Waals surface area contributed by atoms with Gasteiger partial charge in [-0.2, -0.15) is 0 Å². The first-order chi connectivity index (χ1) is 14.3. The van der Waals surface area contributed by atoms with Gasteiger partial charge in [0.2, 0.25) is 0 Å². The van der Waals surface area contributed by atoms with Crippen LogP contribution in [0.4, 0.5) is 5.69 Å². The van der Waals surface area contributed by atoms with Crippen molar-refractivity contribution in [1.82, 2.24) is 0 Å². The van der Waals surface area contributed by atoms with E-state index in [0.29, 0.717) is 5.75 Å². The SMILES string of the molecule is COC(=O)c1ccc(C(=O)OC)c(NC(=O)COC(=O)c2cc(C)ccc2OC)c1. The van der Waals surface area contributed by atoms with Crippen molar-refractivity contribution in [3.8, 4) is 5.75 Å². The van der Waals surface area contributed by atoms with Gasteiger partial charge in [0.25, 0.3) is 5.91 Å². The second-order valence-corrected chi connectivity index (χ2v) is 6.07. The number of aryl methyl sites for hydroxylation is 1.